The molecule has 94 valence electrons. The Bertz CT molecular complexity index is 237. The molecule has 0 amide bonds. The first-order chi connectivity index (χ1) is 7.45. The molecule has 0 heterocycles. The van der Waals surface area contributed by atoms with Gasteiger partial charge in [0, 0.05) is 13.8 Å². The molecule has 0 aromatic rings. The smallest absolute Gasteiger partial charge is 0.303 e. The summed E-state index contributed by atoms with van der Waals surface area (Å²) in [6, 6.07) is 0. The molecule has 0 aromatic carbocycles. The lowest BCUT2D eigenvalue weighted by atomic mass is 9.94. The Morgan fingerprint density at radius 2 is 1.75 bits per heavy atom. The van der Waals surface area contributed by atoms with Crippen molar-refractivity contribution in [3.63, 3.8) is 0 Å². The van der Waals surface area contributed by atoms with Crippen molar-refractivity contribution in [1.29, 1.82) is 0 Å². The highest BCUT2D eigenvalue weighted by molar-refractivity contribution is 5.67. The van der Waals surface area contributed by atoms with E-state index in [4.69, 9.17) is 9.47 Å². The summed E-state index contributed by atoms with van der Waals surface area (Å²) in [5, 5.41) is 0. The second-order valence-electron chi connectivity index (χ2n) is 4.01. The average molecular weight is 230 g/mol. The van der Waals surface area contributed by atoms with Crippen LogP contribution in [-0.2, 0) is 19.1 Å². The van der Waals surface area contributed by atoms with E-state index < -0.39 is 5.60 Å². The van der Waals surface area contributed by atoms with Gasteiger partial charge in [-0.15, -0.1) is 0 Å². The van der Waals surface area contributed by atoms with E-state index in [2.05, 4.69) is 6.92 Å². The predicted molar refractivity (Wildman–Crippen MR) is 60.9 cm³/mol. The fourth-order valence-electron chi connectivity index (χ4n) is 1.54. The van der Waals surface area contributed by atoms with Gasteiger partial charge >= 0.3 is 11.9 Å². The summed E-state index contributed by atoms with van der Waals surface area (Å²) < 4.78 is 10.3. The topological polar surface area (TPSA) is 52.6 Å². The molecule has 0 aliphatic heterocycles. The van der Waals surface area contributed by atoms with E-state index in [1.54, 1.807) is 0 Å². The molecule has 0 saturated carbocycles. The number of unbranched alkanes of at least 4 members (excludes halogenated alkanes) is 1. The molecular weight excluding hydrogens is 208 g/mol. The summed E-state index contributed by atoms with van der Waals surface area (Å²) in [6.45, 7) is 6.89. The van der Waals surface area contributed by atoms with Gasteiger partial charge in [-0.05, 0) is 19.3 Å². The lowest BCUT2D eigenvalue weighted by Gasteiger charge is -2.31. The average Bonchev–Trinajstić information content (AvgIpc) is 2.21. The van der Waals surface area contributed by atoms with E-state index in [1.807, 2.05) is 6.92 Å². The van der Waals surface area contributed by atoms with Crippen molar-refractivity contribution in [3.8, 4) is 0 Å². The molecular formula is C12H22O4. The summed E-state index contributed by atoms with van der Waals surface area (Å²) in [6.07, 6.45) is 3.35. The van der Waals surface area contributed by atoms with Gasteiger partial charge in [0.1, 0.15) is 12.2 Å². The van der Waals surface area contributed by atoms with E-state index in [9.17, 15) is 9.59 Å². The Hall–Kier alpha value is -1.06. The summed E-state index contributed by atoms with van der Waals surface area (Å²) in [5.41, 5.74) is -0.645. The molecule has 0 bridgehead atoms. The van der Waals surface area contributed by atoms with Crippen molar-refractivity contribution in [1.82, 2.24) is 0 Å². The van der Waals surface area contributed by atoms with Crippen LogP contribution in [0.4, 0.5) is 0 Å². The van der Waals surface area contributed by atoms with E-state index in [0.29, 0.717) is 6.42 Å². The summed E-state index contributed by atoms with van der Waals surface area (Å²) >= 11 is 0. The van der Waals surface area contributed by atoms with Crippen LogP contribution in [0.2, 0.25) is 0 Å². The van der Waals surface area contributed by atoms with E-state index in [1.165, 1.54) is 13.8 Å². The van der Waals surface area contributed by atoms with Crippen LogP contribution in [0.15, 0.2) is 0 Å². The first kappa shape index (κ1) is 14.9. The van der Waals surface area contributed by atoms with Crippen LogP contribution in [0, 0.1) is 0 Å². The molecule has 0 rings (SSSR count). The van der Waals surface area contributed by atoms with Crippen LogP contribution in [-0.4, -0.2) is 24.1 Å². The van der Waals surface area contributed by atoms with Gasteiger partial charge in [0.2, 0.25) is 0 Å². The van der Waals surface area contributed by atoms with Gasteiger partial charge < -0.3 is 9.47 Å². The third kappa shape index (κ3) is 5.73. The van der Waals surface area contributed by atoms with Crippen LogP contribution >= 0.6 is 0 Å². The highest BCUT2D eigenvalue weighted by atomic mass is 16.6. The summed E-state index contributed by atoms with van der Waals surface area (Å²) in [4.78, 5) is 21.9. The van der Waals surface area contributed by atoms with Crippen molar-refractivity contribution in [2.75, 3.05) is 6.61 Å². The molecule has 1 atom stereocenters. The molecule has 4 nitrogen and oxygen atoms in total. The maximum absolute atomic E-state index is 11.1. The Balaban J connectivity index is 4.51. The van der Waals surface area contributed by atoms with Gasteiger partial charge in [-0.25, -0.2) is 0 Å². The van der Waals surface area contributed by atoms with Gasteiger partial charge in [0.15, 0.2) is 0 Å². The number of ether oxygens (including phenoxy) is 2. The minimum atomic E-state index is -0.645. The molecule has 0 fully saturated rings. The summed E-state index contributed by atoms with van der Waals surface area (Å²) in [5.74, 6) is -0.674. The number of rotatable bonds is 7. The fourth-order valence-corrected chi connectivity index (χ4v) is 1.54. The van der Waals surface area contributed by atoms with Gasteiger partial charge in [-0.3, -0.25) is 9.59 Å². The van der Waals surface area contributed by atoms with Crippen LogP contribution in [0.25, 0.3) is 0 Å². The number of carbonyl (C=O) groups is 2. The normalized spacial score (nSPS) is 14.0. The Kier molecular flexibility index (Phi) is 6.77. The van der Waals surface area contributed by atoms with Crippen molar-refractivity contribution in [3.05, 3.63) is 0 Å². The molecule has 16 heavy (non-hydrogen) atoms. The zero-order valence-electron chi connectivity index (χ0n) is 10.7. The molecule has 0 N–H and O–H groups in total. The molecule has 0 aliphatic carbocycles. The van der Waals surface area contributed by atoms with Gasteiger partial charge in [-0.1, -0.05) is 20.3 Å². The lowest BCUT2D eigenvalue weighted by molar-refractivity contribution is -0.172. The monoisotopic (exact) mass is 230 g/mol. The van der Waals surface area contributed by atoms with E-state index in [-0.39, 0.29) is 18.5 Å². The van der Waals surface area contributed by atoms with Crippen molar-refractivity contribution in [2.24, 2.45) is 0 Å². The third-order valence-corrected chi connectivity index (χ3v) is 2.53. The Labute approximate surface area is 97.3 Å². The first-order valence-corrected chi connectivity index (χ1v) is 5.78. The second-order valence-corrected chi connectivity index (χ2v) is 4.01. The molecule has 0 saturated heterocycles. The Morgan fingerprint density at radius 1 is 1.12 bits per heavy atom. The molecule has 0 spiro atoms. The van der Waals surface area contributed by atoms with Gasteiger partial charge in [-0.2, -0.15) is 0 Å². The standard InChI is InChI=1S/C12H22O4/c1-5-7-8-12(6-2,16-11(4)14)9-15-10(3)13/h5-9H2,1-4H3. The largest absolute Gasteiger partial charge is 0.462 e. The number of carbonyl (C=O) groups excluding carboxylic acids is 2. The maximum atomic E-state index is 11.1. The summed E-state index contributed by atoms with van der Waals surface area (Å²) in [7, 11) is 0. The quantitative estimate of drug-likeness (QED) is 0.630. The molecule has 4 heteroatoms. The minimum Gasteiger partial charge on any atom is -0.462 e. The van der Waals surface area contributed by atoms with Crippen LogP contribution in [0.5, 0.6) is 0 Å². The van der Waals surface area contributed by atoms with Crippen molar-refractivity contribution in [2.45, 2.75) is 59.0 Å². The highest BCUT2D eigenvalue weighted by Crippen LogP contribution is 2.24. The van der Waals surface area contributed by atoms with Crippen LogP contribution in [0.3, 0.4) is 0 Å². The SMILES string of the molecule is CCCCC(CC)(COC(C)=O)OC(C)=O. The van der Waals surface area contributed by atoms with Crippen LogP contribution in [0.1, 0.15) is 53.4 Å². The number of hydrogen-bond acceptors (Lipinski definition) is 4. The first-order valence-electron chi connectivity index (χ1n) is 5.78. The van der Waals surface area contributed by atoms with Crippen LogP contribution < -0.4 is 0 Å². The molecule has 0 aromatic heterocycles. The van der Waals surface area contributed by atoms with Crippen molar-refractivity contribution >= 4 is 11.9 Å². The Morgan fingerprint density at radius 3 is 2.12 bits per heavy atom. The zero-order valence-corrected chi connectivity index (χ0v) is 10.7. The van der Waals surface area contributed by atoms with Gasteiger partial charge in [0.25, 0.3) is 0 Å². The zero-order chi connectivity index (χ0) is 12.6. The van der Waals surface area contributed by atoms with Crippen molar-refractivity contribution < 1.29 is 19.1 Å². The van der Waals surface area contributed by atoms with E-state index in [0.717, 1.165) is 19.3 Å². The molecule has 1 unspecified atom stereocenters. The predicted octanol–water partition coefficient (Wildman–Crippen LogP) is 2.45. The van der Waals surface area contributed by atoms with Gasteiger partial charge in [0.05, 0.1) is 0 Å². The van der Waals surface area contributed by atoms with E-state index >= 15 is 0 Å². The lowest BCUT2D eigenvalue weighted by Crippen LogP contribution is -2.39. The third-order valence-electron chi connectivity index (χ3n) is 2.53. The minimum absolute atomic E-state index is 0.151. The highest BCUT2D eigenvalue weighted by Gasteiger charge is 2.32. The maximum Gasteiger partial charge on any atom is 0.303 e. The second kappa shape index (κ2) is 7.25. The molecule has 0 radical (unpaired) electrons. The number of hydrogen-bond donors (Lipinski definition) is 0. The number of esters is 2. The fraction of sp³-hybridized carbons (Fsp3) is 0.833. The molecule has 0 aliphatic rings.